The van der Waals surface area contributed by atoms with Gasteiger partial charge in [0.25, 0.3) is 0 Å². The number of carbonyl (C=O) groups excluding carboxylic acids is 1. The van der Waals surface area contributed by atoms with Crippen molar-refractivity contribution in [3.63, 3.8) is 0 Å². The van der Waals surface area contributed by atoms with Crippen LogP contribution in [0.5, 0.6) is 17.2 Å². The Hall–Kier alpha value is -2.96. The van der Waals surface area contributed by atoms with E-state index in [-0.39, 0.29) is 12.4 Å². The Morgan fingerprint density at radius 3 is 2.11 bits per heavy atom. The summed E-state index contributed by atoms with van der Waals surface area (Å²) >= 11 is 0. The van der Waals surface area contributed by atoms with E-state index in [0.717, 1.165) is 0 Å². The third kappa shape index (κ3) is 5.77. The smallest absolute Gasteiger partial charge is 0.319 e. The Morgan fingerprint density at radius 1 is 0.963 bits per heavy atom. The number of ether oxygens (including phenoxy) is 3. The predicted octanol–water partition coefficient (Wildman–Crippen LogP) is 4.34. The van der Waals surface area contributed by atoms with Gasteiger partial charge >= 0.3 is 6.03 Å². The number of nitrogens with one attached hydrogen (secondary N) is 2. The van der Waals surface area contributed by atoms with Crippen molar-refractivity contribution in [1.82, 2.24) is 5.32 Å². The Kier molecular flexibility index (Phi) is 7.73. The van der Waals surface area contributed by atoms with Gasteiger partial charge in [0, 0.05) is 24.2 Å². The van der Waals surface area contributed by atoms with Gasteiger partial charge in [0.05, 0.1) is 25.5 Å². The molecule has 146 valence electrons. The maximum atomic E-state index is 13.6. The van der Waals surface area contributed by atoms with Crippen LogP contribution in [0.25, 0.3) is 0 Å². The molecule has 27 heavy (non-hydrogen) atoms. The zero-order chi connectivity index (χ0) is 19.6. The lowest BCUT2D eigenvalue weighted by molar-refractivity contribution is 0.251. The summed E-state index contributed by atoms with van der Waals surface area (Å²) in [6.07, 6.45) is 0. The molecule has 2 aromatic rings. The fourth-order valence-electron chi connectivity index (χ4n) is 2.45. The van der Waals surface area contributed by atoms with Gasteiger partial charge in [-0.1, -0.05) is 18.2 Å². The molecule has 2 amide bonds. The molecule has 2 aromatic carbocycles. The van der Waals surface area contributed by atoms with Crippen LogP contribution in [-0.2, 0) is 6.54 Å². The lowest BCUT2D eigenvalue weighted by Gasteiger charge is -2.17. The number of benzene rings is 2. The first-order chi connectivity index (χ1) is 13.1. The van der Waals surface area contributed by atoms with Gasteiger partial charge in [-0.15, -0.1) is 0 Å². The van der Waals surface area contributed by atoms with Crippen molar-refractivity contribution in [3.05, 3.63) is 47.8 Å². The van der Waals surface area contributed by atoms with Crippen molar-refractivity contribution < 1.29 is 23.4 Å². The molecule has 2 N–H and O–H groups in total. The molecule has 0 bridgehead atoms. The summed E-state index contributed by atoms with van der Waals surface area (Å²) in [5.74, 6) is 1.10. The number of hydrogen-bond donors (Lipinski definition) is 2. The fourth-order valence-corrected chi connectivity index (χ4v) is 2.45. The first kappa shape index (κ1) is 20.4. The normalized spacial score (nSPS) is 10.2. The second kappa shape index (κ2) is 10.3. The summed E-state index contributed by atoms with van der Waals surface area (Å²) in [6, 6.07) is 9.15. The van der Waals surface area contributed by atoms with Crippen molar-refractivity contribution in [2.24, 2.45) is 0 Å². The molecule has 0 atom stereocenters. The lowest BCUT2D eigenvalue weighted by Crippen LogP contribution is -2.28. The molecule has 0 saturated heterocycles. The molecule has 0 saturated carbocycles. The molecular formula is C20H25FN2O4. The van der Waals surface area contributed by atoms with Gasteiger partial charge in [-0.3, -0.25) is 0 Å². The molecule has 6 nitrogen and oxygen atoms in total. The standard InChI is InChI=1S/C20H25FN2O4/c1-4-25-17-11-15(12-18(26-5-2)19(17)27-6-3)23-20(24)22-13-14-9-7-8-10-16(14)21/h7-12H,4-6,13H2,1-3H3,(H2,22,23,24). The van der Waals surface area contributed by atoms with Crippen LogP contribution in [-0.4, -0.2) is 25.9 Å². The first-order valence-corrected chi connectivity index (χ1v) is 8.93. The molecule has 0 unspecified atom stereocenters. The van der Waals surface area contributed by atoms with E-state index in [1.54, 1.807) is 30.3 Å². The van der Waals surface area contributed by atoms with Gasteiger partial charge in [-0.05, 0) is 26.8 Å². The highest BCUT2D eigenvalue weighted by Crippen LogP contribution is 2.40. The number of urea groups is 1. The predicted molar refractivity (Wildman–Crippen MR) is 102 cm³/mol. The summed E-state index contributed by atoms with van der Waals surface area (Å²) in [5, 5.41) is 5.34. The monoisotopic (exact) mass is 376 g/mol. The molecule has 0 aliphatic carbocycles. The van der Waals surface area contributed by atoms with Gasteiger partial charge in [0.2, 0.25) is 5.75 Å². The van der Waals surface area contributed by atoms with E-state index in [2.05, 4.69) is 10.6 Å². The molecule has 0 spiro atoms. The number of carbonyl (C=O) groups is 1. The number of anilines is 1. The molecule has 2 rings (SSSR count). The largest absolute Gasteiger partial charge is 0.490 e. The minimum Gasteiger partial charge on any atom is -0.490 e. The van der Waals surface area contributed by atoms with Gasteiger partial charge in [-0.2, -0.15) is 0 Å². The van der Waals surface area contributed by atoms with Crippen molar-refractivity contribution in [3.8, 4) is 17.2 Å². The number of amides is 2. The SMILES string of the molecule is CCOc1cc(NC(=O)NCc2ccccc2F)cc(OCC)c1OCC. The number of rotatable bonds is 9. The molecular weight excluding hydrogens is 351 g/mol. The third-order valence-corrected chi connectivity index (χ3v) is 3.56. The Labute approximate surface area is 158 Å². The first-order valence-electron chi connectivity index (χ1n) is 8.93. The van der Waals surface area contributed by atoms with Crippen LogP contribution in [0, 0.1) is 5.82 Å². The topological polar surface area (TPSA) is 68.8 Å². The molecule has 0 radical (unpaired) electrons. The maximum Gasteiger partial charge on any atom is 0.319 e. The van der Waals surface area contributed by atoms with Crippen molar-refractivity contribution >= 4 is 11.7 Å². The highest BCUT2D eigenvalue weighted by molar-refractivity contribution is 5.90. The zero-order valence-corrected chi connectivity index (χ0v) is 15.8. The van der Waals surface area contributed by atoms with Gasteiger partial charge in [0.15, 0.2) is 11.5 Å². The van der Waals surface area contributed by atoms with E-state index in [4.69, 9.17) is 14.2 Å². The van der Waals surface area contributed by atoms with E-state index in [1.165, 1.54) is 6.07 Å². The molecule has 7 heteroatoms. The Morgan fingerprint density at radius 2 is 1.56 bits per heavy atom. The van der Waals surface area contributed by atoms with Crippen molar-refractivity contribution in [1.29, 1.82) is 0 Å². The summed E-state index contributed by atoms with van der Waals surface area (Å²) in [4.78, 5) is 12.2. The summed E-state index contributed by atoms with van der Waals surface area (Å²) in [7, 11) is 0. The molecule has 0 aromatic heterocycles. The molecule has 0 heterocycles. The van der Waals surface area contributed by atoms with E-state index >= 15 is 0 Å². The average Bonchev–Trinajstić information content (AvgIpc) is 2.64. The highest BCUT2D eigenvalue weighted by atomic mass is 19.1. The quantitative estimate of drug-likeness (QED) is 0.683. The Bertz CT molecular complexity index is 740. The minimum absolute atomic E-state index is 0.0756. The summed E-state index contributed by atoms with van der Waals surface area (Å²) in [5.41, 5.74) is 0.890. The van der Waals surface area contributed by atoms with Crippen molar-refractivity contribution in [2.45, 2.75) is 27.3 Å². The van der Waals surface area contributed by atoms with E-state index in [0.29, 0.717) is 48.3 Å². The molecule has 0 aliphatic rings. The zero-order valence-electron chi connectivity index (χ0n) is 15.8. The van der Waals surface area contributed by atoms with Gasteiger partial charge in [-0.25, -0.2) is 9.18 Å². The number of hydrogen-bond acceptors (Lipinski definition) is 4. The van der Waals surface area contributed by atoms with Crippen LogP contribution in [0.4, 0.5) is 14.9 Å². The van der Waals surface area contributed by atoms with Crippen LogP contribution in [0.2, 0.25) is 0 Å². The van der Waals surface area contributed by atoms with E-state index in [1.807, 2.05) is 20.8 Å². The lowest BCUT2D eigenvalue weighted by atomic mass is 10.2. The summed E-state index contributed by atoms with van der Waals surface area (Å²) in [6.45, 7) is 6.99. The maximum absolute atomic E-state index is 13.6. The number of halogens is 1. The molecule has 0 fully saturated rings. The highest BCUT2D eigenvalue weighted by Gasteiger charge is 2.16. The van der Waals surface area contributed by atoms with Crippen LogP contribution >= 0.6 is 0 Å². The van der Waals surface area contributed by atoms with Crippen LogP contribution in [0.15, 0.2) is 36.4 Å². The Balaban J connectivity index is 2.14. The van der Waals surface area contributed by atoms with Crippen LogP contribution < -0.4 is 24.8 Å². The second-order valence-electron chi connectivity index (χ2n) is 5.50. The van der Waals surface area contributed by atoms with Crippen LogP contribution in [0.3, 0.4) is 0 Å². The van der Waals surface area contributed by atoms with Gasteiger partial charge in [0.1, 0.15) is 5.82 Å². The fraction of sp³-hybridized carbons (Fsp3) is 0.350. The van der Waals surface area contributed by atoms with E-state index in [9.17, 15) is 9.18 Å². The average molecular weight is 376 g/mol. The van der Waals surface area contributed by atoms with Crippen LogP contribution in [0.1, 0.15) is 26.3 Å². The van der Waals surface area contributed by atoms with Crippen molar-refractivity contribution in [2.75, 3.05) is 25.1 Å². The minimum atomic E-state index is -0.465. The van der Waals surface area contributed by atoms with E-state index < -0.39 is 6.03 Å². The molecule has 0 aliphatic heterocycles. The van der Waals surface area contributed by atoms with Gasteiger partial charge < -0.3 is 24.8 Å². The third-order valence-electron chi connectivity index (χ3n) is 3.56. The second-order valence-corrected chi connectivity index (χ2v) is 5.50. The summed E-state index contributed by atoms with van der Waals surface area (Å²) < 4.78 is 30.5.